The van der Waals surface area contributed by atoms with Crippen molar-refractivity contribution < 1.29 is 24.1 Å². The Morgan fingerprint density at radius 3 is 2.68 bits per heavy atom. The first-order valence-electron chi connectivity index (χ1n) is 9.81. The van der Waals surface area contributed by atoms with Gasteiger partial charge in [-0.2, -0.15) is 0 Å². The average Bonchev–Trinajstić information content (AvgIpc) is 3.26. The average molecular weight is 383 g/mol. The van der Waals surface area contributed by atoms with Gasteiger partial charge in [0.05, 0.1) is 5.92 Å². The summed E-state index contributed by atoms with van der Waals surface area (Å²) in [4.78, 5) is 15.1. The molecule has 0 spiro atoms. The number of rotatable bonds is 8. The Hall–Kier alpha value is -2.73. The van der Waals surface area contributed by atoms with Gasteiger partial charge in [0.15, 0.2) is 11.5 Å². The van der Waals surface area contributed by atoms with E-state index in [4.69, 9.17) is 14.2 Å². The van der Waals surface area contributed by atoms with Crippen molar-refractivity contribution in [1.29, 1.82) is 0 Å². The quantitative estimate of drug-likeness (QED) is 0.702. The van der Waals surface area contributed by atoms with Gasteiger partial charge in [0.25, 0.3) is 0 Å². The maximum atomic E-state index is 13.3. The van der Waals surface area contributed by atoms with Gasteiger partial charge in [-0.3, -0.25) is 4.79 Å². The molecule has 0 saturated carbocycles. The SMILES string of the molecule is CCCCOCCCN1C(=O)C(c2cc3c(cc2O)OCO3)c2ccccc21. The van der Waals surface area contributed by atoms with Gasteiger partial charge in [-0.1, -0.05) is 31.5 Å². The van der Waals surface area contributed by atoms with Crippen LogP contribution in [-0.2, 0) is 9.53 Å². The first-order valence-corrected chi connectivity index (χ1v) is 9.81. The number of phenolic OH excluding ortho intramolecular Hbond substituents is 1. The number of hydrogen-bond donors (Lipinski definition) is 1. The number of amides is 1. The number of aromatic hydroxyl groups is 1. The minimum atomic E-state index is -0.549. The molecular formula is C22H25NO5. The minimum Gasteiger partial charge on any atom is -0.507 e. The van der Waals surface area contributed by atoms with Crippen LogP contribution in [0.5, 0.6) is 17.2 Å². The summed E-state index contributed by atoms with van der Waals surface area (Å²) >= 11 is 0. The van der Waals surface area contributed by atoms with Gasteiger partial charge in [-0.25, -0.2) is 0 Å². The van der Waals surface area contributed by atoms with Gasteiger partial charge in [0, 0.05) is 37.1 Å². The predicted molar refractivity (Wildman–Crippen MR) is 105 cm³/mol. The normalized spacial score (nSPS) is 17.2. The molecule has 1 unspecified atom stereocenters. The Morgan fingerprint density at radius 2 is 1.86 bits per heavy atom. The van der Waals surface area contributed by atoms with Gasteiger partial charge in [-0.05, 0) is 30.5 Å². The fraction of sp³-hybridized carbons (Fsp3) is 0.409. The maximum absolute atomic E-state index is 13.3. The summed E-state index contributed by atoms with van der Waals surface area (Å²) in [7, 11) is 0. The lowest BCUT2D eigenvalue weighted by molar-refractivity contribution is -0.118. The number of ether oxygens (including phenoxy) is 3. The summed E-state index contributed by atoms with van der Waals surface area (Å²) in [5.41, 5.74) is 2.33. The lowest BCUT2D eigenvalue weighted by Gasteiger charge is -2.18. The van der Waals surface area contributed by atoms with E-state index in [-0.39, 0.29) is 18.4 Å². The van der Waals surface area contributed by atoms with Crippen molar-refractivity contribution in [2.45, 2.75) is 32.1 Å². The van der Waals surface area contributed by atoms with Crippen LogP contribution in [0, 0.1) is 0 Å². The van der Waals surface area contributed by atoms with E-state index in [0.717, 1.165) is 37.1 Å². The molecule has 6 heteroatoms. The zero-order valence-corrected chi connectivity index (χ0v) is 16.0. The summed E-state index contributed by atoms with van der Waals surface area (Å²) in [6, 6.07) is 11.0. The maximum Gasteiger partial charge on any atom is 0.239 e. The van der Waals surface area contributed by atoms with E-state index < -0.39 is 5.92 Å². The van der Waals surface area contributed by atoms with Crippen molar-refractivity contribution in [1.82, 2.24) is 0 Å². The summed E-state index contributed by atoms with van der Waals surface area (Å²) in [5.74, 6) is 0.514. The molecule has 1 N–H and O–H groups in total. The summed E-state index contributed by atoms with van der Waals surface area (Å²) in [6.45, 7) is 4.23. The van der Waals surface area contributed by atoms with E-state index >= 15 is 0 Å². The fourth-order valence-corrected chi connectivity index (χ4v) is 3.77. The fourth-order valence-electron chi connectivity index (χ4n) is 3.77. The number of phenols is 1. The van der Waals surface area contributed by atoms with Crippen LogP contribution in [0.4, 0.5) is 5.69 Å². The minimum absolute atomic E-state index is 0.0380. The van der Waals surface area contributed by atoms with Crippen LogP contribution >= 0.6 is 0 Å². The van der Waals surface area contributed by atoms with Gasteiger partial charge in [-0.15, -0.1) is 0 Å². The zero-order chi connectivity index (χ0) is 19.5. The first kappa shape index (κ1) is 18.6. The molecule has 6 nitrogen and oxygen atoms in total. The molecule has 2 aliphatic heterocycles. The Morgan fingerprint density at radius 1 is 1.11 bits per heavy atom. The topological polar surface area (TPSA) is 68.2 Å². The molecule has 28 heavy (non-hydrogen) atoms. The Bertz CT molecular complexity index is 866. The Labute approximate surface area is 164 Å². The molecule has 2 aromatic carbocycles. The molecule has 0 aromatic heterocycles. The zero-order valence-electron chi connectivity index (χ0n) is 16.0. The molecule has 148 valence electrons. The number of nitrogens with zero attached hydrogens (tertiary/aromatic N) is 1. The second-order valence-corrected chi connectivity index (χ2v) is 7.07. The van der Waals surface area contributed by atoms with Gasteiger partial charge in [0.1, 0.15) is 5.75 Å². The van der Waals surface area contributed by atoms with Crippen LogP contribution in [0.15, 0.2) is 36.4 Å². The molecular weight excluding hydrogens is 358 g/mol. The summed E-state index contributed by atoms with van der Waals surface area (Å²) < 4.78 is 16.4. The molecule has 2 aromatic rings. The Kier molecular flexibility index (Phi) is 5.39. The number of anilines is 1. The molecule has 0 aliphatic carbocycles. The molecule has 2 heterocycles. The van der Waals surface area contributed by atoms with Crippen molar-refractivity contribution in [3.05, 3.63) is 47.5 Å². The van der Waals surface area contributed by atoms with Gasteiger partial charge >= 0.3 is 0 Å². The summed E-state index contributed by atoms with van der Waals surface area (Å²) in [6.07, 6.45) is 2.93. The van der Waals surface area contributed by atoms with E-state index in [9.17, 15) is 9.90 Å². The lowest BCUT2D eigenvalue weighted by atomic mass is 9.91. The number of hydrogen-bond acceptors (Lipinski definition) is 5. The monoisotopic (exact) mass is 383 g/mol. The number of fused-ring (bicyclic) bond motifs is 2. The molecule has 0 saturated heterocycles. The predicted octanol–water partition coefficient (Wildman–Crippen LogP) is 3.81. The lowest BCUT2D eigenvalue weighted by Crippen LogP contribution is -2.30. The van der Waals surface area contributed by atoms with Crippen LogP contribution in [0.3, 0.4) is 0 Å². The molecule has 1 amide bonds. The molecule has 0 bridgehead atoms. The second-order valence-electron chi connectivity index (χ2n) is 7.07. The highest BCUT2D eigenvalue weighted by molar-refractivity contribution is 6.07. The Balaban J connectivity index is 1.56. The third-order valence-electron chi connectivity index (χ3n) is 5.20. The van der Waals surface area contributed by atoms with E-state index in [2.05, 4.69) is 6.92 Å². The highest BCUT2D eigenvalue weighted by Crippen LogP contribution is 2.47. The van der Waals surface area contributed by atoms with Crippen LogP contribution in [0.1, 0.15) is 43.2 Å². The van der Waals surface area contributed by atoms with E-state index in [1.165, 1.54) is 6.07 Å². The molecule has 2 aliphatic rings. The number of unbranched alkanes of at least 4 members (excludes halogenated alkanes) is 1. The van der Waals surface area contributed by atoms with Crippen molar-refractivity contribution in [3.8, 4) is 17.2 Å². The third kappa shape index (κ3) is 3.40. The number of benzene rings is 2. The standard InChI is InChI=1S/C22H25NO5/c1-2-3-10-26-11-6-9-23-17-8-5-4-7-15(17)21(22(23)25)16-12-19-20(13-18(16)24)28-14-27-19/h4-5,7-8,12-13,21,24H,2-3,6,9-11,14H2,1H3. The van der Waals surface area contributed by atoms with E-state index in [0.29, 0.717) is 30.2 Å². The van der Waals surface area contributed by atoms with Crippen LogP contribution in [-0.4, -0.2) is 37.6 Å². The number of para-hydroxylation sites is 1. The molecule has 0 radical (unpaired) electrons. The number of carbonyl (C=O) groups is 1. The van der Waals surface area contributed by atoms with Crippen molar-refractivity contribution in [2.75, 3.05) is 31.5 Å². The molecule has 0 fully saturated rings. The van der Waals surface area contributed by atoms with Crippen molar-refractivity contribution >= 4 is 11.6 Å². The van der Waals surface area contributed by atoms with E-state index in [1.807, 2.05) is 24.3 Å². The first-order chi connectivity index (χ1) is 13.7. The second kappa shape index (κ2) is 8.10. The van der Waals surface area contributed by atoms with Crippen molar-refractivity contribution in [2.24, 2.45) is 0 Å². The molecule has 1 atom stereocenters. The van der Waals surface area contributed by atoms with Crippen LogP contribution in [0.25, 0.3) is 0 Å². The summed E-state index contributed by atoms with van der Waals surface area (Å²) in [5, 5.41) is 10.5. The molecule has 4 rings (SSSR count). The smallest absolute Gasteiger partial charge is 0.239 e. The van der Waals surface area contributed by atoms with Gasteiger partial charge in [0.2, 0.25) is 12.7 Å². The van der Waals surface area contributed by atoms with Crippen LogP contribution < -0.4 is 14.4 Å². The highest BCUT2D eigenvalue weighted by atomic mass is 16.7. The van der Waals surface area contributed by atoms with Gasteiger partial charge < -0.3 is 24.2 Å². The largest absolute Gasteiger partial charge is 0.507 e. The van der Waals surface area contributed by atoms with E-state index in [1.54, 1.807) is 11.0 Å². The highest BCUT2D eigenvalue weighted by Gasteiger charge is 2.39. The van der Waals surface area contributed by atoms with Crippen LogP contribution in [0.2, 0.25) is 0 Å². The van der Waals surface area contributed by atoms with Crippen molar-refractivity contribution in [3.63, 3.8) is 0 Å². The number of carbonyl (C=O) groups excluding carboxylic acids is 1. The third-order valence-corrected chi connectivity index (χ3v) is 5.20.